The predicted molar refractivity (Wildman–Crippen MR) is 15.8 cm³/mol. The average Bonchev–Trinajstić information content (AvgIpc) is 1.00. The van der Waals surface area contributed by atoms with Crippen LogP contribution in [0.25, 0.3) is 0 Å². The Morgan fingerprint density at radius 3 is 1.25 bits per heavy atom. The maximum atomic E-state index is 2.14. The smallest absolute Gasteiger partial charge is 0 e. The van der Waals surface area contributed by atoms with Crippen molar-refractivity contribution in [1.82, 2.24) is 0 Å². The van der Waals surface area contributed by atoms with Crippen molar-refractivity contribution in [3.05, 3.63) is 0 Å². The first kappa shape index (κ1) is 18.7. The molecule has 0 heterocycles. The first-order valence-electron chi connectivity index (χ1n) is 1.00. The molecular weight excluding hydrogens is 151 g/mol. The van der Waals surface area contributed by atoms with Crippen molar-refractivity contribution in [2.24, 2.45) is 0 Å². The van der Waals surface area contributed by atoms with Crippen LogP contribution in [0, 0.1) is 0 Å². The third-order valence-electron chi connectivity index (χ3n) is 0. The van der Waals surface area contributed by atoms with Crippen molar-refractivity contribution in [2.75, 3.05) is 0 Å². The summed E-state index contributed by atoms with van der Waals surface area (Å²) in [5, 5.41) is 0. The van der Waals surface area contributed by atoms with Gasteiger partial charge < -0.3 is 0 Å². The first-order chi connectivity index (χ1) is 1.00. The van der Waals surface area contributed by atoms with Crippen LogP contribution in [-0.2, 0) is 34.1 Å². The molecule has 0 N–H and O–H groups in total. The van der Waals surface area contributed by atoms with Crippen LogP contribution in [-0.4, -0.2) is 10.2 Å². The fourth-order valence-electron chi connectivity index (χ4n) is 0. The Hall–Kier alpha value is 1.26. The van der Waals surface area contributed by atoms with Gasteiger partial charge in [-0.2, -0.15) is 0 Å². The molecule has 0 aliphatic heterocycles. The van der Waals surface area contributed by atoms with Crippen LogP contribution in [0.5, 0.6) is 0 Å². The fourth-order valence-corrected chi connectivity index (χ4v) is 0. The molecule has 0 nitrogen and oxygen atoms in total. The summed E-state index contributed by atoms with van der Waals surface area (Å²) in [6.45, 7) is 2.14. The first-order valence-corrected chi connectivity index (χ1v) is 3.00. The fraction of sp³-hybridized carbons (Fsp3) is 1.00. The van der Waals surface area contributed by atoms with Crippen molar-refractivity contribution in [3.8, 4) is 0 Å². The van der Waals surface area contributed by atoms with E-state index < -0.39 is 0 Å². The van der Waals surface area contributed by atoms with Crippen LogP contribution >= 0.6 is 0 Å². The third kappa shape index (κ3) is 10.5. The van der Waals surface area contributed by atoms with E-state index in [-0.39, 0.29) is 34.1 Å². The largest absolute Gasteiger partial charge is 0.0777 e. The van der Waals surface area contributed by atoms with Gasteiger partial charge in [0.05, 0.1) is 0 Å². The minimum absolute atomic E-state index is 0. The van der Waals surface area contributed by atoms with Crippen molar-refractivity contribution in [3.63, 3.8) is 0 Å². The Morgan fingerprint density at radius 1 is 1.25 bits per heavy atom. The van der Waals surface area contributed by atoms with E-state index in [4.69, 9.17) is 0 Å². The number of hydrogen-bond donors (Lipinski definition) is 0. The summed E-state index contributed by atoms with van der Waals surface area (Å²) < 4.78 is 0. The Labute approximate surface area is 51.1 Å². The topological polar surface area (TPSA) is 0 Å². The molecule has 0 amide bonds. The summed E-state index contributed by atoms with van der Waals surface area (Å²) in [5.74, 6) is 0. The quantitative estimate of drug-likeness (QED) is 0.411. The van der Waals surface area contributed by atoms with Crippen molar-refractivity contribution in [2.45, 2.75) is 6.55 Å². The van der Waals surface area contributed by atoms with E-state index in [9.17, 15) is 0 Å². The van der Waals surface area contributed by atoms with Crippen LogP contribution in [0.15, 0.2) is 0 Å². The zero-order valence-electron chi connectivity index (χ0n) is 2.73. The Morgan fingerprint density at radius 2 is 1.25 bits per heavy atom. The van der Waals surface area contributed by atoms with Gasteiger partial charge in [0.25, 0.3) is 0 Å². The van der Waals surface area contributed by atoms with Gasteiger partial charge in [-0.1, -0.05) is 6.55 Å². The van der Waals surface area contributed by atoms with Crippen LogP contribution in [0.4, 0.5) is 0 Å². The second kappa shape index (κ2) is 28.6. The van der Waals surface area contributed by atoms with E-state index in [1.807, 2.05) is 0 Å². The number of hydrogen-bond acceptors (Lipinski definition) is 0. The number of rotatable bonds is 0. The van der Waals surface area contributed by atoms with Crippen molar-refractivity contribution >= 4 is 10.2 Å². The molecule has 0 aromatic heterocycles. The molecule has 0 unspecified atom stereocenters. The van der Waals surface area contributed by atoms with E-state index in [1.54, 1.807) is 0 Å². The van der Waals surface area contributed by atoms with Gasteiger partial charge in [-0.05, 0) is 10.2 Å². The Bertz CT molecular complexity index is 8.00. The van der Waals surface area contributed by atoms with Gasteiger partial charge in [-0.15, -0.1) is 0 Å². The van der Waals surface area contributed by atoms with E-state index >= 15 is 0 Å². The minimum atomic E-state index is 0. The van der Waals surface area contributed by atoms with E-state index in [0.717, 1.165) is 0 Å². The molecule has 29 valence electrons. The molecule has 0 atom stereocenters. The monoisotopic (exact) mass is 157 g/mol. The molecule has 0 aliphatic carbocycles. The zero-order valence-corrected chi connectivity index (χ0v) is 7.02. The molecule has 4 heavy (non-hydrogen) atoms. The molecule has 0 aromatic carbocycles. The standard InChI is InChI=1S/CH6Si.Fe.Mn/c1-2;;/h1-2H3;;. The van der Waals surface area contributed by atoms with Gasteiger partial charge in [0.15, 0.2) is 0 Å². The summed E-state index contributed by atoms with van der Waals surface area (Å²) >= 11 is 0. The van der Waals surface area contributed by atoms with Gasteiger partial charge in [0.2, 0.25) is 0 Å². The molecule has 1 radical (unpaired) electrons. The third-order valence-corrected chi connectivity index (χ3v) is 0. The second-order valence-electron chi connectivity index (χ2n) is 0. The molecule has 0 spiro atoms. The average molecular weight is 157 g/mol. The van der Waals surface area contributed by atoms with Crippen LogP contribution in [0.3, 0.4) is 0 Å². The zero-order chi connectivity index (χ0) is 2.00. The molecule has 0 bridgehead atoms. The van der Waals surface area contributed by atoms with Gasteiger partial charge in [0.1, 0.15) is 0 Å². The van der Waals surface area contributed by atoms with Crippen molar-refractivity contribution < 1.29 is 34.1 Å². The maximum Gasteiger partial charge on any atom is 0 e. The summed E-state index contributed by atoms with van der Waals surface area (Å²) in [6, 6.07) is 0. The molecular formula is CH6FeMnSi. The molecule has 0 saturated heterocycles. The summed E-state index contributed by atoms with van der Waals surface area (Å²) in [6.07, 6.45) is 0. The predicted octanol–water partition coefficient (Wildman–Crippen LogP) is -0.605. The van der Waals surface area contributed by atoms with Crippen LogP contribution in [0.2, 0.25) is 6.55 Å². The molecule has 3 heteroatoms. The molecule has 0 fully saturated rings. The van der Waals surface area contributed by atoms with Gasteiger partial charge in [-0.3, -0.25) is 0 Å². The molecule has 0 rings (SSSR count). The second-order valence-corrected chi connectivity index (χ2v) is 0. The van der Waals surface area contributed by atoms with Gasteiger partial charge in [0, 0.05) is 34.1 Å². The summed E-state index contributed by atoms with van der Waals surface area (Å²) in [4.78, 5) is 0. The van der Waals surface area contributed by atoms with Crippen LogP contribution in [0.1, 0.15) is 0 Å². The minimum Gasteiger partial charge on any atom is -0.0777 e. The maximum absolute atomic E-state index is 2.14. The Kier molecular flexibility index (Phi) is 134. The SMILES string of the molecule is C[SiH3].[Fe].[Mn]. The summed E-state index contributed by atoms with van der Waals surface area (Å²) in [5.41, 5.74) is 0. The van der Waals surface area contributed by atoms with Crippen LogP contribution < -0.4 is 0 Å². The van der Waals surface area contributed by atoms with E-state index in [0.29, 0.717) is 0 Å². The Balaban J connectivity index is -0.00000000500. The molecule has 0 aliphatic rings. The van der Waals surface area contributed by atoms with E-state index in [2.05, 4.69) is 6.55 Å². The van der Waals surface area contributed by atoms with Crippen molar-refractivity contribution in [1.29, 1.82) is 0 Å². The normalized spacial score (nSPS) is 2.25. The summed E-state index contributed by atoms with van der Waals surface area (Å²) in [7, 11) is 1.31. The van der Waals surface area contributed by atoms with Gasteiger partial charge >= 0.3 is 0 Å². The van der Waals surface area contributed by atoms with Gasteiger partial charge in [-0.25, -0.2) is 0 Å². The van der Waals surface area contributed by atoms with E-state index in [1.165, 1.54) is 10.2 Å². The molecule has 0 aromatic rings. The molecule has 0 saturated carbocycles.